The Hall–Kier alpha value is -2.34. The highest BCUT2D eigenvalue weighted by Crippen LogP contribution is 2.20. The van der Waals surface area contributed by atoms with E-state index in [9.17, 15) is 9.59 Å². The monoisotopic (exact) mass is 349 g/mol. The number of imidazole rings is 1. The van der Waals surface area contributed by atoms with Gasteiger partial charge in [0, 0.05) is 30.9 Å². The molecular formula is C17H20ClN3O3. The fraction of sp³-hybridized carbons (Fsp3) is 0.353. The van der Waals surface area contributed by atoms with Crippen LogP contribution in [0.15, 0.2) is 43.0 Å². The molecule has 0 bridgehead atoms. The van der Waals surface area contributed by atoms with Gasteiger partial charge < -0.3 is 14.6 Å². The van der Waals surface area contributed by atoms with Crippen LogP contribution in [0.2, 0.25) is 5.02 Å². The number of carbonyl (C=O) groups is 2. The van der Waals surface area contributed by atoms with Crippen molar-refractivity contribution in [2.45, 2.75) is 32.4 Å². The van der Waals surface area contributed by atoms with E-state index in [1.54, 1.807) is 38.5 Å². The van der Waals surface area contributed by atoms with Crippen molar-refractivity contribution < 1.29 is 14.3 Å². The van der Waals surface area contributed by atoms with Crippen molar-refractivity contribution in [1.82, 2.24) is 14.9 Å². The summed E-state index contributed by atoms with van der Waals surface area (Å²) in [5, 5.41) is 3.47. The number of nitrogens with one attached hydrogen (secondary N) is 1. The van der Waals surface area contributed by atoms with Crippen molar-refractivity contribution in [3.05, 3.63) is 53.6 Å². The van der Waals surface area contributed by atoms with Crippen LogP contribution in [-0.4, -0.2) is 33.6 Å². The Bertz CT molecular complexity index is 696. The van der Waals surface area contributed by atoms with E-state index in [0.717, 1.165) is 5.56 Å². The molecule has 1 N–H and O–H groups in total. The maximum Gasteiger partial charge on any atom is 0.303 e. The van der Waals surface area contributed by atoms with Crippen molar-refractivity contribution in [1.29, 1.82) is 0 Å². The molecule has 0 saturated carbocycles. The van der Waals surface area contributed by atoms with E-state index in [2.05, 4.69) is 10.3 Å². The first-order chi connectivity index (χ1) is 11.3. The third-order valence-corrected chi connectivity index (χ3v) is 3.79. The van der Waals surface area contributed by atoms with Crippen LogP contribution < -0.4 is 5.32 Å². The second-order valence-electron chi connectivity index (χ2n) is 5.89. The van der Waals surface area contributed by atoms with Crippen molar-refractivity contribution in [2.24, 2.45) is 0 Å². The van der Waals surface area contributed by atoms with Gasteiger partial charge in [0.05, 0.1) is 12.4 Å². The van der Waals surface area contributed by atoms with Gasteiger partial charge in [0.15, 0.2) is 5.60 Å². The fourth-order valence-corrected chi connectivity index (χ4v) is 2.47. The van der Waals surface area contributed by atoms with Crippen LogP contribution in [-0.2, 0) is 14.3 Å². The Kier molecular flexibility index (Phi) is 5.62. The topological polar surface area (TPSA) is 73.2 Å². The van der Waals surface area contributed by atoms with Gasteiger partial charge in [0.25, 0.3) is 5.91 Å². The third-order valence-electron chi connectivity index (χ3n) is 3.54. The molecule has 6 nitrogen and oxygen atoms in total. The zero-order valence-electron chi connectivity index (χ0n) is 13.8. The fourth-order valence-electron chi connectivity index (χ4n) is 2.34. The van der Waals surface area contributed by atoms with Crippen LogP contribution in [0.25, 0.3) is 0 Å². The molecule has 0 radical (unpaired) electrons. The van der Waals surface area contributed by atoms with Crippen LogP contribution in [0.4, 0.5) is 0 Å². The zero-order chi connectivity index (χ0) is 17.7. The van der Waals surface area contributed by atoms with Gasteiger partial charge >= 0.3 is 5.97 Å². The number of halogens is 1. The quantitative estimate of drug-likeness (QED) is 0.813. The molecule has 0 aliphatic rings. The summed E-state index contributed by atoms with van der Waals surface area (Å²) >= 11 is 5.94. The number of amides is 1. The lowest BCUT2D eigenvalue weighted by Crippen LogP contribution is -2.46. The largest absolute Gasteiger partial charge is 0.450 e. The number of hydrogen-bond acceptors (Lipinski definition) is 4. The van der Waals surface area contributed by atoms with Gasteiger partial charge in [-0.25, -0.2) is 4.98 Å². The first kappa shape index (κ1) is 18.0. The third kappa shape index (κ3) is 4.58. The number of carbonyl (C=O) groups excluding carboxylic acids is 2. The molecule has 128 valence electrons. The molecule has 7 heteroatoms. The van der Waals surface area contributed by atoms with Gasteiger partial charge in [-0.1, -0.05) is 23.7 Å². The minimum absolute atomic E-state index is 0.151. The highest BCUT2D eigenvalue weighted by Gasteiger charge is 2.31. The van der Waals surface area contributed by atoms with E-state index < -0.39 is 11.6 Å². The molecule has 1 atom stereocenters. The second kappa shape index (κ2) is 7.49. The molecule has 24 heavy (non-hydrogen) atoms. The van der Waals surface area contributed by atoms with Crippen molar-refractivity contribution in [3.63, 3.8) is 0 Å². The molecule has 0 fully saturated rings. The lowest BCUT2D eigenvalue weighted by Gasteiger charge is -2.26. The van der Waals surface area contributed by atoms with E-state index in [-0.39, 0.29) is 11.9 Å². The summed E-state index contributed by atoms with van der Waals surface area (Å²) in [5.41, 5.74) is -0.256. The van der Waals surface area contributed by atoms with Crippen molar-refractivity contribution in [2.75, 3.05) is 6.54 Å². The van der Waals surface area contributed by atoms with Gasteiger partial charge in [0.2, 0.25) is 0 Å². The van der Waals surface area contributed by atoms with Gasteiger partial charge in [-0.3, -0.25) is 9.59 Å². The zero-order valence-corrected chi connectivity index (χ0v) is 14.6. The van der Waals surface area contributed by atoms with Gasteiger partial charge in [-0.15, -0.1) is 0 Å². The number of rotatable bonds is 6. The maximum absolute atomic E-state index is 12.3. The van der Waals surface area contributed by atoms with E-state index in [1.807, 2.05) is 22.9 Å². The molecule has 1 amide bonds. The smallest absolute Gasteiger partial charge is 0.303 e. The van der Waals surface area contributed by atoms with Crippen LogP contribution in [0, 0.1) is 0 Å². The number of hydrogen-bond donors (Lipinski definition) is 1. The van der Waals surface area contributed by atoms with Crippen LogP contribution >= 0.6 is 11.6 Å². The average molecular weight is 350 g/mol. The van der Waals surface area contributed by atoms with E-state index in [1.165, 1.54) is 6.92 Å². The summed E-state index contributed by atoms with van der Waals surface area (Å²) in [6, 6.07) is 7.24. The molecular weight excluding hydrogens is 330 g/mol. The normalized spacial score (nSPS) is 12.5. The van der Waals surface area contributed by atoms with Gasteiger partial charge in [-0.05, 0) is 31.5 Å². The lowest BCUT2D eigenvalue weighted by molar-refractivity contribution is -0.162. The molecule has 2 aromatic rings. The summed E-state index contributed by atoms with van der Waals surface area (Å²) in [6.45, 7) is 4.70. The Morgan fingerprint density at radius 2 is 2.00 bits per heavy atom. The Labute approximate surface area is 145 Å². The number of aromatic nitrogens is 2. The van der Waals surface area contributed by atoms with E-state index >= 15 is 0 Å². The highest BCUT2D eigenvalue weighted by atomic mass is 35.5. The molecule has 0 spiro atoms. The SMILES string of the molecule is CC(=O)OC(C)(C)C(=O)NC[C@@H](c1ccc(Cl)cc1)n1ccnc1. The molecule has 1 aromatic carbocycles. The van der Waals surface area contributed by atoms with Gasteiger partial charge in [0.1, 0.15) is 0 Å². The summed E-state index contributed by atoms with van der Waals surface area (Å²) in [4.78, 5) is 27.5. The Morgan fingerprint density at radius 1 is 1.33 bits per heavy atom. The molecule has 0 aliphatic heterocycles. The van der Waals surface area contributed by atoms with Crippen molar-refractivity contribution >= 4 is 23.5 Å². The molecule has 2 rings (SSSR count). The number of esters is 1. The lowest BCUT2D eigenvalue weighted by atomic mass is 10.1. The molecule has 0 aliphatic carbocycles. The highest BCUT2D eigenvalue weighted by molar-refractivity contribution is 6.30. The predicted octanol–water partition coefficient (Wildman–Crippen LogP) is 2.58. The summed E-state index contributed by atoms with van der Waals surface area (Å²) in [5.74, 6) is -0.865. The summed E-state index contributed by atoms with van der Waals surface area (Å²) < 4.78 is 6.95. The minimum Gasteiger partial charge on any atom is -0.450 e. The maximum atomic E-state index is 12.3. The number of ether oxygens (including phenoxy) is 1. The Morgan fingerprint density at radius 3 is 2.54 bits per heavy atom. The first-order valence-corrected chi connectivity index (χ1v) is 7.88. The number of nitrogens with zero attached hydrogens (tertiary/aromatic N) is 2. The second-order valence-corrected chi connectivity index (χ2v) is 6.33. The first-order valence-electron chi connectivity index (χ1n) is 7.50. The summed E-state index contributed by atoms with van der Waals surface area (Å²) in [7, 11) is 0. The standard InChI is InChI=1S/C17H20ClN3O3/c1-12(22)24-17(2,3)16(23)20-10-15(21-9-8-19-11-21)13-4-6-14(18)7-5-13/h4-9,11,15H,10H2,1-3H3,(H,20,23)/t15-/m0/s1. The van der Waals surface area contributed by atoms with Crippen LogP contribution in [0.1, 0.15) is 32.4 Å². The molecule has 0 unspecified atom stereocenters. The Balaban J connectivity index is 2.14. The van der Waals surface area contributed by atoms with E-state index in [4.69, 9.17) is 16.3 Å². The minimum atomic E-state index is -1.23. The molecule has 0 saturated heterocycles. The average Bonchev–Trinajstić information content (AvgIpc) is 3.01. The van der Waals surface area contributed by atoms with Crippen LogP contribution in [0.3, 0.4) is 0 Å². The molecule has 1 heterocycles. The van der Waals surface area contributed by atoms with E-state index in [0.29, 0.717) is 11.6 Å². The van der Waals surface area contributed by atoms with Gasteiger partial charge in [-0.2, -0.15) is 0 Å². The molecule has 1 aromatic heterocycles. The number of benzene rings is 1. The summed E-state index contributed by atoms with van der Waals surface area (Å²) in [6.07, 6.45) is 5.18. The van der Waals surface area contributed by atoms with Crippen molar-refractivity contribution in [3.8, 4) is 0 Å². The van der Waals surface area contributed by atoms with Crippen LogP contribution in [0.5, 0.6) is 0 Å². The predicted molar refractivity (Wildman–Crippen MR) is 90.7 cm³/mol.